The summed E-state index contributed by atoms with van der Waals surface area (Å²) in [6, 6.07) is 16.5. The number of hydrogen-bond acceptors (Lipinski definition) is 3. The second-order valence-electron chi connectivity index (χ2n) is 7.09. The van der Waals surface area contributed by atoms with E-state index in [-0.39, 0.29) is 10.7 Å². The molecule has 2 atom stereocenters. The number of anilines is 1. The van der Waals surface area contributed by atoms with Crippen molar-refractivity contribution in [2.24, 2.45) is 5.73 Å². The van der Waals surface area contributed by atoms with Crippen molar-refractivity contribution in [1.82, 2.24) is 0 Å². The van der Waals surface area contributed by atoms with Crippen molar-refractivity contribution >= 4 is 22.4 Å². The average Bonchev–Trinajstić information content (AvgIpc) is 2.55. The van der Waals surface area contributed by atoms with E-state index in [1.165, 1.54) is 0 Å². The van der Waals surface area contributed by atoms with E-state index in [9.17, 15) is 9.00 Å². The van der Waals surface area contributed by atoms with Crippen molar-refractivity contribution in [2.75, 3.05) is 5.32 Å². The first-order valence-corrected chi connectivity index (χ1v) is 9.65. The largest absolute Gasteiger partial charge is 0.325 e. The Bertz CT molecular complexity index is 739. The van der Waals surface area contributed by atoms with Gasteiger partial charge in [-0.2, -0.15) is 0 Å². The summed E-state index contributed by atoms with van der Waals surface area (Å²) >= 11 is 0. The average molecular weight is 359 g/mol. The Morgan fingerprint density at radius 2 is 1.72 bits per heavy atom. The summed E-state index contributed by atoms with van der Waals surface area (Å²) in [7, 11) is -0.982. The molecule has 0 saturated carbocycles. The van der Waals surface area contributed by atoms with Crippen molar-refractivity contribution in [1.29, 1.82) is 0 Å². The van der Waals surface area contributed by atoms with Gasteiger partial charge in [-0.1, -0.05) is 42.5 Å². The van der Waals surface area contributed by atoms with E-state index in [1.807, 2.05) is 75.4 Å². The predicted molar refractivity (Wildman–Crippen MR) is 105 cm³/mol. The quantitative estimate of drug-likeness (QED) is 0.833. The van der Waals surface area contributed by atoms with Crippen LogP contribution in [0, 0.1) is 0 Å². The van der Waals surface area contributed by atoms with Crippen LogP contribution >= 0.6 is 0 Å². The van der Waals surface area contributed by atoms with Crippen LogP contribution in [-0.4, -0.2) is 20.9 Å². The van der Waals surface area contributed by atoms with Crippen LogP contribution in [0.3, 0.4) is 0 Å². The second-order valence-corrected chi connectivity index (χ2v) is 9.29. The van der Waals surface area contributed by atoms with Gasteiger partial charge in [0.2, 0.25) is 5.91 Å². The Kier molecular flexibility index (Phi) is 6.51. The molecule has 134 valence electrons. The van der Waals surface area contributed by atoms with Gasteiger partial charge in [0.1, 0.15) is 0 Å². The second kappa shape index (κ2) is 8.41. The molecule has 1 amide bonds. The van der Waals surface area contributed by atoms with E-state index in [0.717, 1.165) is 11.1 Å². The smallest absolute Gasteiger partial charge is 0.241 e. The lowest BCUT2D eigenvalue weighted by Crippen LogP contribution is -2.37. The first-order valence-electron chi connectivity index (χ1n) is 8.33. The molecule has 3 N–H and O–H groups in total. The number of nitrogens with two attached hydrogens (primary N) is 1. The first kappa shape index (κ1) is 19.3. The molecule has 0 fully saturated rings. The van der Waals surface area contributed by atoms with E-state index in [4.69, 9.17) is 5.73 Å². The van der Waals surface area contributed by atoms with E-state index >= 15 is 0 Å². The minimum Gasteiger partial charge on any atom is -0.325 e. The van der Waals surface area contributed by atoms with Crippen molar-refractivity contribution in [3.05, 3.63) is 65.7 Å². The third kappa shape index (κ3) is 6.11. The SMILES string of the molecule is CC(C)(C)S(=O)Cc1cccc(NC(=O)[C@@H](N)Cc2ccccc2)c1. The number of carbonyl (C=O) groups is 1. The standard InChI is InChI=1S/C20H26N2O2S/c1-20(2,3)25(24)14-16-10-7-11-17(12-16)22-19(23)18(21)13-15-8-5-4-6-9-15/h4-12,18H,13-14,21H2,1-3H3,(H,22,23)/t18-,25?/m0/s1. The highest BCUT2D eigenvalue weighted by molar-refractivity contribution is 7.85. The molecule has 0 aromatic heterocycles. The Labute approximate surface area is 152 Å². The summed E-state index contributed by atoms with van der Waals surface area (Å²) in [5, 5.41) is 2.85. The highest BCUT2D eigenvalue weighted by Crippen LogP contribution is 2.19. The highest BCUT2D eigenvalue weighted by Gasteiger charge is 2.20. The third-order valence-electron chi connectivity index (χ3n) is 3.81. The number of carbonyl (C=O) groups excluding carboxylic acids is 1. The van der Waals surface area contributed by atoms with Gasteiger partial charge in [-0.25, -0.2) is 0 Å². The topological polar surface area (TPSA) is 72.2 Å². The molecular weight excluding hydrogens is 332 g/mol. The van der Waals surface area contributed by atoms with Crippen LogP contribution < -0.4 is 11.1 Å². The summed E-state index contributed by atoms with van der Waals surface area (Å²) < 4.78 is 12.0. The maximum atomic E-state index is 12.3. The molecule has 0 aliphatic rings. The normalized spacial score (nSPS) is 13.9. The summed E-state index contributed by atoms with van der Waals surface area (Å²) in [6.07, 6.45) is 0.487. The van der Waals surface area contributed by atoms with Gasteiger partial charge in [0.25, 0.3) is 0 Å². The molecule has 5 heteroatoms. The maximum Gasteiger partial charge on any atom is 0.241 e. The fourth-order valence-electron chi connectivity index (χ4n) is 2.30. The lowest BCUT2D eigenvalue weighted by atomic mass is 10.1. The Morgan fingerprint density at radius 1 is 1.08 bits per heavy atom. The fourth-order valence-corrected chi connectivity index (χ4v) is 3.22. The lowest BCUT2D eigenvalue weighted by Gasteiger charge is -2.18. The zero-order valence-corrected chi connectivity index (χ0v) is 15.8. The van der Waals surface area contributed by atoms with Crippen LogP contribution in [-0.2, 0) is 27.8 Å². The van der Waals surface area contributed by atoms with Gasteiger partial charge in [-0.05, 0) is 50.5 Å². The van der Waals surface area contributed by atoms with E-state index in [0.29, 0.717) is 17.9 Å². The van der Waals surface area contributed by atoms with Gasteiger partial charge >= 0.3 is 0 Å². The fraction of sp³-hybridized carbons (Fsp3) is 0.350. The molecule has 2 aromatic carbocycles. The van der Waals surface area contributed by atoms with Gasteiger partial charge in [0.15, 0.2) is 0 Å². The molecule has 0 aliphatic carbocycles. The molecule has 2 rings (SSSR count). The van der Waals surface area contributed by atoms with E-state index < -0.39 is 16.8 Å². The van der Waals surface area contributed by atoms with Crippen LogP contribution in [0.2, 0.25) is 0 Å². The first-order chi connectivity index (χ1) is 11.8. The molecular formula is C20H26N2O2S. The molecule has 4 nitrogen and oxygen atoms in total. The number of nitrogens with one attached hydrogen (secondary N) is 1. The number of rotatable bonds is 6. The molecule has 0 saturated heterocycles. The van der Waals surface area contributed by atoms with Crippen LogP contribution in [0.25, 0.3) is 0 Å². The molecule has 0 radical (unpaired) electrons. The molecule has 0 aliphatic heterocycles. The van der Waals surface area contributed by atoms with Crippen molar-refractivity contribution in [3.63, 3.8) is 0 Å². The van der Waals surface area contributed by atoms with Crippen LogP contribution in [0.5, 0.6) is 0 Å². The monoisotopic (exact) mass is 358 g/mol. The minimum atomic E-state index is -0.982. The Balaban J connectivity index is 1.99. The summed E-state index contributed by atoms with van der Waals surface area (Å²) in [4.78, 5) is 12.3. The highest BCUT2D eigenvalue weighted by atomic mass is 32.2. The molecule has 25 heavy (non-hydrogen) atoms. The van der Waals surface area contributed by atoms with Crippen LogP contribution in [0.15, 0.2) is 54.6 Å². The molecule has 2 aromatic rings. The van der Waals surface area contributed by atoms with Crippen LogP contribution in [0.1, 0.15) is 31.9 Å². The van der Waals surface area contributed by atoms with Crippen molar-refractivity contribution in [2.45, 2.75) is 43.7 Å². The van der Waals surface area contributed by atoms with Gasteiger partial charge < -0.3 is 11.1 Å². The number of amides is 1. The lowest BCUT2D eigenvalue weighted by molar-refractivity contribution is -0.117. The predicted octanol–water partition coefficient (Wildman–Crippen LogP) is 3.24. The van der Waals surface area contributed by atoms with Crippen molar-refractivity contribution < 1.29 is 9.00 Å². The van der Waals surface area contributed by atoms with Gasteiger partial charge in [0.05, 0.1) is 6.04 Å². The van der Waals surface area contributed by atoms with Crippen LogP contribution in [0.4, 0.5) is 5.69 Å². The minimum absolute atomic E-state index is 0.224. The zero-order valence-electron chi connectivity index (χ0n) is 15.0. The van der Waals surface area contributed by atoms with E-state index in [2.05, 4.69) is 5.32 Å². The molecule has 1 unspecified atom stereocenters. The molecule has 0 bridgehead atoms. The third-order valence-corrected chi connectivity index (χ3v) is 5.77. The summed E-state index contributed by atoms with van der Waals surface area (Å²) in [6.45, 7) is 5.87. The molecule has 0 spiro atoms. The number of benzene rings is 2. The summed E-state index contributed by atoms with van der Waals surface area (Å²) in [5.41, 5.74) is 8.65. The zero-order chi connectivity index (χ0) is 18.4. The van der Waals surface area contributed by atoms with E-state index in [1.54, 1.807) is 0 Å². The number of hydrogen-bond donors (Lipinski definition) is 2. The molecule has 0 heterocycles. The maximum absolute atomic E-state index is 12.3. The summed E-state index contributed by atoms with van der Waals surface area (Å²) in [5.74, 6) is 0.237. The van der Waals surface area contributed by atoms with Gasteiger partial charge in [-0.15, -0.1) is 0 Å². The van der Waals surface area contributed by atoms with Gasteiger partial charge in [-0.3, -0.25) is 9.00 Å². The van der Waals surface area contributed by atoms with Gasteiger partial charge in [0, 0.05) is 27.0 Å². The Hall–Kier alpha value is -1.98. The Morgan fingerprint density at radius 3 is 2.36 bits per heavy atom. The van der Waals surface area contributed by atoms with Crippen molar-refractivity contribution in [3.8, 4) is 0 Å².